The fraction of sp³-hybridized carbons (Fsp3) is 0.667. The number of nitrogens with zero attached hydrogens (tertiary/aromatic N) is 2. The number of nitrogens with two attached hydrogens (primary N) is 1. The summed E-state index contributed by atoms with van der Waals surface area (Å²) in [6.07, 6.45) is 3.82. The van der Waals surface area contributed by atoms with Crippen molar-refractivity contribution in [2.24, 2.45) is 5.73 Å². The molecule has 110 valence electrons. The summed E-state index contributed by atoms with van der Waals surface area (Å²) in [5.41, 5.74) is 6.02. The lowest BCUT2D eigenvalue weighted by Crippen LogP contribution is -2.35. The molecule has 0 radical (unpaired) electrons. The van der Waals surface area contributed by atoms with Crippen LogP contribution in [0.5, 0.6) is 0 Å². The third-order valence-corrected chi connectivity index (χ3v) is 4.40. The Hall–Kier alpha value is -0.300. The van der Waals surface area contributed by atoms with Crippen LogP contribution >= 0.6 is 35.5 Å². The van der Waals surface area contributed by atoms with Gasteiger partial charge in [-0.1, -0.05) is 0 Å². The van der Waals surface area contributed by atoms with E-state index in [0.29, 0.717) is 12.2 Å². The predicted octanol–water partition coefficient (Wildman–Crippen LogP) is 2.28. The minimum atomic E-state index is 0. The Kier molecular flexibility index (Phi) is 9.43. The Bertz CT molecular complexity index is 387. The van der Waals surface area contributed by atoms with Gasteiger partial charge in [0.2, 0.25) is 0 Å². The highest BCUT2D eigenvalue weighted by molar-refractivity contribution is 7.98. The molecule has 0 aliphatic rings. The Labute approximate surface area is 129 Å². The van der Waals surface area contributed by atoms with Gasteiger partial charge in [0.1, 0.15) is 5.69 Å². The van der Waals surface area contributed by atoms with Gasteiger partial charge >= 0.3 is 0 Å². The fourth-order valence-corrected chi connectivity index (χ4v) is 2.88. The summed E-state index contributed by atoms with van der Waals surface area (Å²) in [4.78, 5) is 18.3. The van der Waals surface area contributed by atoms with Gasteiger partial charge in [-0.05, 0) is 31.9 Å². The second-order valence-electron chi connectivity index (χ2n) is 4.21. The lowest BCUT2D eigenvalue weighted by Gasteiger charge is -2.23. The molecule has 1 heterocycles. The van der Waals surface area contributed by atoms with Gasteiger partial charge in [0.05, 0.1) is 5.01 Å². The van der Waals surface area contributed by atoms with Crippen LogP contribution < -0.4 is 5.73 Å². The average Bonchev–Trinajstić information content (AvgIpc) is 2.83. The van der Waals surface area contributed by atoms with Gasteiger partial charge in [0, 0.05) is 24.9 Å². The molecule has 0 aromatic carbocycles. The maximum Gasteiger partial charge on any atom is 0.273 e. The van der Waals surface area contributed by atoms with Crippen LogP contribution in [0.4, 0.5) is 0 Å². The zero-order chi connectivity index (χ0) is 13.5. The summed E-state index contributed by atoms with van der Waals surface area (Å²) in [5.74, 6) is 1.07. The molecule has 1 aromatic heterocycles. The quantitative estimate of drug-likeness (QED) is 0.836. The number of amides is 1. The van der Waals surface area contributed by atoms with E-state index in [1.165, 1.54) is 11.3 Å². The molecule has 0 saturated heterocycles. The SMILES string of the molecule is CSCCC(C)N(C)C(=O)c1csc(CCN)n1.Cl. The van der Waals surface area contributed by atoms with E-state index >= 15 is 0 Å². The van der Waals surface area contributed by atoms with E-state index in [0.717, 1.165) is 23.6 Å². The first kappa shape index (κ1) is 18.7. The Morgan fingerprint density at radius 2 is 2.32 bits per heavy atom. The van der Waals surface area contributed by atoms with Crippen molar-refractivity contribution in [3.05, 3.63) is 16.1 Å². The van der Waals surface area contributed by atoms with Gasteiger partial charge in [-0.25, -0.2) is 4.98 Å². The highest BCUT2D eigenvalue weighted by Crippen LogP contribution is 2.14. The average molecular weight is 324 g/mol. The summed E-state index contributed by atoms with van der Waals surface area (Å²) in [6.45, 7) is 2.64. The summed E-state index contributed by atoms with van der Waals surface area (Å²) >= 11 is 3.31. The number of carbonyl (C=O) groups is 1. The zero-order valence-electron chi connectivity index (χ0n) is 11.6. The van der Waals surface area contributed by atoms with E-state index < -0.39 is 0 Å². The number of hydrogen-bond donors (Lipinski definition) is 1. The number of aromatic nitrogens is 1. The molecule has 1 amide bonds. The van der Waals surface area contributed by atoms with Crippen LogP contribution in [-0.4, -0.2) is 47.4 Å². The zero-order valence-corrected chi connectivity index (χ0v) is 14.0. The number of hydrogen-bond acceptors (Lipinski definition) is 5. The van der Waals surface area contributed by atoms with Crippen LogP contribution in [0.3, 0.4) is 0 Å². The topological polar surface area (TPSA) is 59.2 Å². The van der Waals surface area contributed by atoms with Crippen molar-refractivity contribution < 1.29 is 4.79 Å². The Morgan fingerprint density at radius 1 is 1.63 bits per heavy atom. The number of carbonyl (C=O) groups excluding carboxylic acids is 1. The van der Waals surface area contributed by atoms with Crippen LogP contribution in [-0.2, 0) is 6.42 Å². The van der Waals surface area contributed by atoms with Crippen molar-refractivity contribution in [1.82, 2.24) is 9.88 Å². The molecule has 1 aromatic rings. The summed E-state index contributed by atoms with van der Waals surface area (Å²) in [6, 6.07) is 0.240. The Morgan fingerprint density at radius 3 is 2.89 bits per heavy atom. The van der Waals surface area contributed by atoms with Gasteiger partial charge in [0.15, 0.2) is 0 Å². The van der Waals surface area contributed by atoms with Crippen molar-refractivity contribution >= 4 is 41.4 Å². The molecule has 0 fully saturated rings. The summed E-state index contributed by atoms with van der Waals surface area (Å²) < 4.78 is 0. The van der Waals surface area contributed by atoms with Crippen LogP contribution in [0.25, 0.3) is 0 Å². The molecule has 2 N–H and O–H groups in total. The molecule has 0 aliphatic carbocycles. The third kappa shape index (κ3) is 5.69. The fourth-order valence-electron chi connectivity index (χ4n) is 1.51. The van der Waals surface area contributed by atoms with E-state index in [9.17, 15) is 4.79 Å². The van der Waals surface area contributed by atoms with E-state index in [1.807, 2.05) is 12.4 Å². The monoisotopic (exact) mass is 323 g/mol. The molecule has 0 saturated carbocycles. The molecule has 1 unspecified atom stereocenters. The van der Waals surface area contributed by atoms with Crippen LogP contribution in [0.2, 0.25) is 0 Å². The number of halogens is 1. The van der Waals surface area contributed by atoms with Gasteiger partial charge in [-0.3, -0.25) is 4.79 Å². The molecule has 7 heteroatoms. The number of thioether (sulfide) groups is 1. The van der Waals surface area contributed by atoms with Crippen LogP contribution in [0, 0.1) is 0 Å². The first-order valence-corrected chi connectivity index (χ1v) is 8.28. The molecule has 0 bridgehead atoms. The van der Waals surface area contributed by atoms with Gasteiger partial charge in [-0.15, -0.1) is 23.7 Å². The molecule has 0 spiro atoms. The predicted molar refractivity (Wildman–Crippen MR) is 86.7 cm³/mol. The maximum atomic E-state index is 12.2. The van der Waals surface area contributed by atoms with Gasteiger partial charge in [-0.2, -0.15) is 11.8 Å². The molecule has 1 atom stereocenters. The standard InChI is InChI=1S/C12H21N3OS2.ClH/c1-9(5-7-17-3)15(2)12(16)10-8-18-11(14-10)4-6-13;/h8-9H,4-7,13H2,1-3H3;1H. The molecule has 0 aliphatic heterocycles. The highest BCUT2D eigenvalue weighted by Gasteiger charge is 2.19. The maximum absolute atomic E-state index is 12.2. The highest BCUT2D eigenvalue weighted by atomic mass is 35.5. The smallest absolute Gasteiger partial charge is 0.273 e. The molecule has 19 heavy (non-hydrogen) atoms. The van der Waals surface area contributed by atoms with Crippen molar-refractivity contribution in [2.75, 3.05) is 25.6 Å². The second-order valence-corrected chi connectivity index (χ2v) is 6.14. The van der Waals surface area contributed by atoms with E-state index in [4.69, 9.17) is 5.73 Å². The van der Waals surface area contributed by atoms with Crippen molar-refractivity contribution in [3.8, 4) is 0 Å². The van der Waals surface area contributed by atoms with Crippen molar-refractivity contribution in [2.45, 2.75) is 25.8 Å². The normalized spacial score (nSPS) is 11.8. The molecular weight excluding hydrogens is 302 g/mol. The lowest BCUT2D eigenvalue weighted by atomic mass is 10.2. The van der Waals surface area contributed by atoms with E-state index in [1.54, 1.807) is 16.7 Å². The van der Waals surface area contributed by atoms with E-state index in [2.05, 4.69) is 18.2 Å². The lowest BCUT2D eigenvalue weighted by molar-refractivity contribution is 0.0736. The largest absolute Gasteiger partial charge is 0.338 e. The second kappa shape index (κ2) is 9.58. The number of thiazole rings is 1. The van der Waals surface area contributed by atoms with Crippen LogP contribution in [0.15, 0.2) is 5.38 Å². The van der Waals surface area contributed by atoms with Crippen LogP contribution in [0.1, 0.15) is 28.8 Å². The number of rotatable bonds is 7. The first-order valence-electron chi connectivity index (χ1n) is 6.00. The molecule has 1 rings (SSSR count). The van der Waals surface area contributed by atoms with Crippen molar-refractivity contribution in [3.63, 3.8) is 0 Å². The van der Waals surface area contributed by atoms with E-state index in [-0.39, 0.29) is 24.4 Å². The first-order chi connectivity index (χ1) is 8.60. The molecule has 4 nitrogen and oxygen atoms in total. The van der Waals surface area contributed by atoms with Gasteiger partial charge in [0.25, 0.3) is 5.91 Å². The third-order valence-electron chi connectivity index (χ3n) is 2.85. The summed E-state index contributed by atoms with van der Waals surface area (Å²) in [7, 11) is 1.84. The van der Waals surface area contributed by atoms with Crippen molar-refractivity contribution in [1.29, 1.82) is 0 Å². The minimum Gasteiger partial charge on any atom is -0.338 e. The summed E-state index contributed by atoms with van der Waals surface area (Å²) in [5, 5.41) is 2.76. The molecular formula is C12H22ClN3OS2. The van der Waals surface area contributed by atoms with Gasteiger partial charge < -0.3 is 10.6 Å². The minimum absolute atomic E-state index is 0. The Balaban J connectivity index is 0.00000324.